The third-order valence-electron chi connectivity index (χ3n) is 4.65. The molecule has 0 aliphatic carbocycles. The molecular formula is C23H18O7S. The van der Waals surface area contributed by atoms with Gasteiger partial charge in [0.15, 0.2) is 5.76 Å². The molecule has 0 bridgehead atoms. The molecule has 1 aromatic heterocycles. The van der Waals surface area contributed by atoms with E-state index in [1.165, 1.54) is 38.5 Å². The highest BCUT2D eigenvalue weighted by atomic mass is 32.2. The Bertz CT molecular complexity index is 1390. The summed E-state index contributed by atoms with van der Waals surface area (Å²) in [5, 5.41) is 0.208. The molecule has 0 unspecified atom stereocenters. The second-order valence-corrected chi connectivity index (χ2v) is 8.07. The Balaban J connectivity index is 1.88. The Hall–Kier alpha value is -3.78. The molecule has 0 atom stereocenters. The standard InChI is InChI=1S/C23H18O7S/c1-27-16-9-7-15(8-10-16)22-23(21(24)19-5-3-4-6-20(19)29-22)30-31(25,26)18-13-11-17(28-2)12-14-18/h3-14H,1-2H3. The zero-order valence-electron chi connectivity index (χ0n) is 16.7. The molecule has 0 radical (unpaired) electrons. The topological polar surface area (TPSA) is 92.0 Å². The van der Waals surface area contributed by atoms with Crippen molar-refractivity contribution >= 4 is 21.1 Å². The number of methoxy groups -OCH3 is 2. The first-order valence-corrected chi connectivity index (χ1v) is 10.6. The van der Waals surface area contributed by atoms with Gasteiger partial charge >= 0.3 is 10.1 Å². The second kappa shape index (κ2) is 8.16. The van der Waals surface area contributed by atoms with E-state index in [1.807, 2.05) is 0 Å². The first-order valence-electron chi connectivity index (χ1n) is 9.22. The van der Waals surface area contributed by atoms with Crippen LogP contribution in [0.15, 0.2) is 86.9 Å². The summed E-state index contributed by atoms with van der Waals surface area (Å²) in [6.45, 7) is 0. The fraction of sp³-hybridized carbons (Fsp3) is 0.0870. The minimum absolute atomic E-state index is 0.00318. The summed E-state index contributed by atoms with van der Waals surface area (Å²) < 4.78 is 47.3. The maximum absolute atomic E-state index is 13.2. The van der Waals surface area contributed by atoms with E-state index in [2.05, 4.69) is 0 Å². The van der Waals surface area contributed by atoms with Crippen LogP contribution in [0.3, 0.4) is 0 Å². The zero-order valence-corrected chi connectivity index (χ0v) is 17.5. The van der Waals surface area contributed by atoms with Gasteiger partial charge in [0.2, 0.25) is 11.2 Å². The summed E-state index contributed by atoms with van der Waals surface area (Å²) in [5.74, 6) is 0.673. The van der Waals surface area contributed by atoms with Crippen LogP contribution in [0.25, 0.3) is 22.3 Å². The molecular weight excluding hydrogens is 420 g/mol. The molecule has 158 valence electrons. The number of para-hydroxylation sites is 1. The normalized spacial score (nSPS) is 11.3. The van der Waals surface area contributed by atoms with Crippen LogP contribution in [0, 0.1) is 0 Å². The van der Waals surface area contributed by atoms with Crippen molar-refractivity contribution < 1.29 is 26.5 Å². The Morgan fingerprint density at radius 3 is 1.97 bits per heavy atom. The molecule has 0 saturated heterocycles. The fourth-order valence-corrected chi connectivity index (χ4v) is 3.97. The maximum Gasteiger partial charge on any atom is 0.339 e. The number of fused-ring (bicyclic) bond motifs is 1. The van der Waals surface area contributed by atoms with Gasteiger partial charge in [-0.15, -0.1) is 0 Å². The van der Waals surface area contributed by atoms with E-state index in [0.717, 1.165) is 0 Å². The van der Waals surface area contributed by atoms with Crippen LogP contribution in [0.4, 0.5) is 0 Å². The summed E-state index contributed by atoms with van der Waals surface area (Å²) in [4.78, 5) is 13.0. The first kappa shape index (κ1) is 20.5. The lowest BCUT2D eigenvalue weighted by molar-refractivity contribution is 0.414. The number of hydrogen-bond acceptors (Lipinski definition) is 7. The monoisotopic (exact) mass is 438 g/mol. The molecule has 7 nitrogen and oxygen atoms in total. The molecule has 8 heteroatoms. The van der Waals surface area contributed by atoms with Gasteiger partial charge in [0.1, 0.15) is 22.0 Å². The van der Waals surface area contributed by atoms with Crippen molar-refractivity contribution in [1.29, 1.82) is 0 Å². The largest absolute Gasteiger partial charge is 0.497 e. The highest BCUT2D eigenvalue weighted by Gasteiger charge is 2.25. The van der Waals surface area contributed by atoms with Gasteiger partial charge in [-0.25, -0.2) is 0 Å². The van der Waals surface area contributed by atoms with Crippen molar-refractivity contribution in [2.24, 2.45) is 0 Å². The molecule has 0 spiro atoms. The van der Waals surface area contributed by atoms with Crippen LogP contribution < -0.4 is 19.1 Å². The van der Waals surface area contributed by atoms with Gasteiger partial charge in [0.05, 0.1) is 19.6 Å². The van der Waals surface area contributed by atoms with Crippen LogP contribution in [-0.4, -0.2) is 22.6 Å². The van der Waals surface area contributed by atoms with E-state index in [9.17, 15) is 13.2 Å². The molecule has 4 aromatic rings. The summed E-state index contributed by atoms with van der Waals surface area (Å²) in [7, 11) is -1.31. The predicted octanol–water partition coefficient (Wildman–Crippen LogP) is 4.24. The van der Waals surface area contributed by atoms with Crippen LogP contribution in [0.2, 0.25) is 0 Å². The lowest BCUT2D eigenvalue weighted by Crippen LogP contribution is -2.16. The number of hydrogen-bond donors (Lipinski definition) is 0. The van der Waals surface area contributed by atoms with E-state index >= 15 is 0 Å². The quantitative estimate of drug-likeness (QED) is 0.416. The highest BCUT2D eigenvalue weighted by molar-refractivity contribution is 7.87. The van der Waals surface area contributed by atoms with E-state index in [0.29, 0.717) is 22.6 Å². The van der Waals surface area contributed by atoms with Crippen LogP contribution >= 0.6 is 0 Å². The molecule has 0 fully saturated rings. The van der Waals surface area contributed by atoms with E-state index in [1.54, 1.807) is 48.5 Å². The Labute approximate surface area is 178 Å². The SMILES string of the molecule is COc1ccc(-c2oc3ccccc3c(=O)c2OS(=O)(=O)c2ccc(OC)cc2)cc1. The lowest BCUT2D eigenvalue weighted by Gasteiger charge is -2.12. The van der Waals surface area contributed by atoms with Crippen molar-refractivity contribution in [2.45, 2.75) is 4.90 Å². The average molecular weight is 438 g/mol. The summed E-state index contributed by atoms with van der Waals surface area (Å²) in [5.41, 5.74) is 0.181. The van der Waals surface area contributed by atoms with Gasteiger partial charge in [-0.2, -0.15) is 8.42 Å². The maximum atomic E-state index is 13.2. The Morgan fingerprint density at radius 2 is 1.35 bits per heavy atom. The zero-order chi connectivity index (χ0) is 22.0. The minimum atomic E-state index is -4.31. The lowest BCUT2D eigenvalue weighted by atomic mass is 10.1. The van der Waals surface area contributed by atoms with E-state index < -0.39 is 21.3 Å². The second-order valence-electron chi connectivity index (χ2n) is 6.53. The van der Waals surface area contributed by atoms with Crippen molar-refractivity contribution in [2.75, 3.05) is 14.2 Å². The van der Waals surface area contributed by atoms with Crippen molar-refractivity contribution in [3.05, 3.63) is 83.0 Å². The highest BCUT2D eigenvalue weighted by Crippen LogP contribution is 2.33. The number of benzene rings is 3. The van der Waals surface area contributed by atoms with Crippen LogP contribution in [-0.2, 0) is 10.1 Å². The average Bonchev–Trinajstić information content (AvgIpc) is 2.81. The summed E-state index contributed by atoms with van der Waals surface area (Å²) in [6, 6.07) is 18.9. The molecule has 0 aliphatic heterocycles. The van der Waals surface area contributed by atoms with Gasteiger partial charge in [-0.3, -0.25) is 4.79 Å². The van der Waals surface area contributed by atoms with Gasteiger partial charge in [0.25, 0.3) is 0 Å². The van der Waals surface area contributed by atoms with Gasteiger partial charge in [-0.1, -0.05) is 12.1 Å². The Morgan fingerprint density at radius 1 is 0.774 bits per heavy atom. The smallest absolute Gasteiger partial charge is 0.339 e. The molecule has 0 N–H and O–H groups in total. The Kier molecular flexibility index (Phi) is 5.39. The van der Waals surface area contributed by atoms with E-state index in [-0.39, 0.29) is 16.0 Å². The van der Waals surface area contributed by atoms with Crippen LogP contribution in [0.5, 0.6) is 17.2 Å². The van der Waals surface area contributed by atoms with Crippen molar-refractivity contribution in [1.82, 2.24) is 0 Å². The van der Waals surface area contributed by atoms with Gasteiger partial charge in [-0.05, 0) is 60.7 Å². The van der Waals surface area contributed by atoms with Crippen molar-refractivity contribution in [3.8, 4) is 28.6 Å². The number of ether oxygens (including phenoxy) is 2. The predicted molar refractivity (Wildman–Crippen MR) is 115 cm³/mol. The third-order valence-corrected chi connectivity index (χ3v) is 5.89. The molecule has 3 aromatic carbocycles. The molecule has 4 rings (SSSR count). The summed E-state index contributed by atoms with van der Waals surface area (Å²) >= 11 is 0. The van der Waals surface area contributed by atoms with Gasteiger partial charge < -0.3 is 18.1 Å². The third kappa shape index (κ3) is 3.97. The molecule has 0 aliphatic rings. The first-order chi connectivity index (χ1) is 14.9. The fourth-order valence-electron chi connectivity index (χ4n) is 3.03. The van der Waals surface area contributed by atoms with Crippen LogP contribution in [0.1, 0.15) is 0 Å². The minimum Gasteiger partial charge on any atom is -0.497 e. The summed E-state index contributed by atoms with van der Waals surface area (Å²) in [6.07, 6.45) is 0. The number of rotatable bonds is 6. The molecule has 0 amide bonds. The molecule has 0 saturated carbocycles. The van der Waals surface area contributed by atoms with Gasteiger partial charge in [0, 0.05) is 5.56 Å². The van der Waals surface area contributed by atoms with E-state index in [4.69, 9.17) is 18.1 Å². The molecule has 31 heavy (non-hydrogen) atoms. The van der Waals surface area contributed by atoms with Crippen molar-refractivity contribution in [3.63, 3.8) is 0 Å². The molecule has 1 heterocycles.